The third-order valence-corrected chi connectivity index (χ3v) is 5.67. The number of thiophene rings is 2. The van der Waals surface area contributed by atoms with Crippen LogP contribution in [-0.4, -0.2) is 16.8 Å². The number of aromatic nitrogens is 1. The van der Waals surface area contributed by atoms with Crippen molar-refractivity contribution in [1.82, 2.24) is 4.98 Å². The number of primary amides is 1. The van der Waals surface area contributed by atoms with Gasteiger partial charge in [-0.3, -0.25) is 14.9 Å². The number of thiazole rings is 1. The van der Waals surface area contributed by atoms with Crippen molar-refractivity contribution in [3.05, 3.63) is 44.3 Å². The lowest BCUT2D eigenvalue weighted by atomic mass is 10.4. The highest BCUT2D eigenvalue weighted by Gasteiger charge is 2.14. The minimum atomic E-state index is -0.534. The maximum absolute atomic E-state index is 12.1. The number of carbonyl (C=O) groups excluding carboxylic acids is 2. The summed E-state index contributed by atoms with van der Waals surface area (Å²) in [5.74, 6) is -0.825. The Morgan fingerprint density at radius 1 is 1.14 bits per heavy atom. The fourth-order valence-corrected chi connectivity index (χ4v) is 4.13. The van der Waals surface area contributed by atoms with Gasteiger partial charge in [0.2, 0.25) is 0 Å². The summed E-state index contributed by atoms with van der Waals surface area (Å²) in [6.07, 6.45) is 0. The first-order valence-electron chi connectivity index (χ1n) is 6.26. The molecule has 0 unspecified atom stereocenters. The third kappa shape index (κ3) is 3.08. The van der Waals surface area contributed by atoms with E-state index < -0.39 is 5.91 Å². The van der Waals surface area contributed by atoms with Gasteiger partial charge in [-0.25, -0.2) is 4.98 Å². The van der Waals surface area contributed by atoms with E-state index in [9.17, 15) is 9.59 Å². The zero-order valence-corrected chi connectivity index (χ0v) is 13.9. The van der Waals surface area contributed by atoms with E-state index in [1.165, 1.54) is 16.2 Å². The topological polar surface area (TPSA) is 85.1 Å². The minimum absolute atomic E-state index is 0.291. The Morgan fingerprint density at radius 3 is 2.55 bits per heavy atom. The molecule has 0 bridgehead atoms. The second-order valence-electron chi connectivity index (χ2n) is 4.43. The number of nitrogens with one attached hydrogen (secondary N) is 1. The summed E-state index contributed by atoms with van der Waals surface area (Å²) in [4.78, 5) is 30.6. The number of nitrogens with two attached hydrogens (primary N) is 1. The largest absolute Gasteiger partial charge is 0.365 e. The van der Waals surface area contributed by atoms with Crippen LogP contribution in [0.1, 0.15) is 24.2 Å². The molecular weight excluding hydrogens is 338 g/mol. The number of anilines is 1. The van der Waals surface area contributed by atoms with Crippen molar-refractivity contribution in [3.63, 3.8) is 0 Å². The second-order valence-corrected chi connectivity index (χ2v) is 7.66. The van der Waals surface area contributed by atoms with E-state index in [0.29, 0.717) is 14.9 Å². The van der Waals surface area contributed by atoms with Crippen LogP contribution in [0.15, 0.2) is 29.6 Å². The summed E-state index contributed by atoms with van der Waals surface area (Å²) in [6.45, 7) is 2.04. The van der Waals surface area contributed by atoms with Gasteiger partial charge in [-0.2, -0.15) is 0 Å². The summed E-state index contributed by atoms with van der Waals surface area (Å²) in [5.41, 5.74) is 6.03. The van der Waals surface area contributed by atoms with Crippen LogP contribution in [0.4, 0.5) is 5.13 Å². The van der Waals surface area contributed by atoms with E-state index in [1.807, 2.05) is 24.4 Å². The summed E-state index contributed by atoms with van der Waals surface area (Å²) in [6, 6.07) is 7.18. The van der Waals surface area contributed by atoms with Gasteiger partial charge < -0.3 is 5.73 Å². The summed E-state index contributed by atoms with van der Waals surface area (Å²) < 4.78 is 0. The van der Waals surface area contributed by atoms with Crippen molar-refractivity contribution in [2.45, 2.75) is 6.92 Å². The van der Waals surface area contributed by atoms with Crippen molar-refractivity contribution in [2.24, 2.45) is 5.73 Å². The zero-order chi connectivity index (χ0) is 15.7. The predicted molar refractivity (Wildman–Crippen MR) is 91.0 cm³/mol. The molecule has 3 aromatic heterocycles. The van der Waals surface area contributed by atoms with E-state index in [0.717, 1.165) is 21.9 Å². The molecule has 2 amide bonds. The Kier molecular flexibility index (Phi) is 4.06. The number of aryl methyl sites for hydroxylation is 1. The molecule has 3 N–H and O–H groups in total. The quantitative estimate of drug-likeness (QED) is 0.755. The standard InChI is InChI=1S/C14H11N3O2S3/c1-7-2-3-9(21-7)8-6-20-14(16-8)17-13(19)11-5-4-10(22-11)12(15)18/h2-6H,1H3,(H2,15,18)(H,16,17,19). The zero-order valence-electron chi connectivity index (χ0n) is 11.5. The fourth-order valence-electron chi connectivity index (χ4n) is 1.77. The Labute approximate surface area is 138 Å². The molecule has 3 rings (SSSR count). The SMILES string of the molecule is Cc1ccc(-c2csc(NC(=O)c3ccc(C(N)=O)s3)n2)s1. The molecule has 5 nitrogen and oxygen atoms in total. The molecule has 0 aliphatic heterocycles. The Balaban J connectivity index is 1.74. The van der Waals surface area contributed by atoms with E-state index >= 15 is 0 Å². The van der Waals surface area contributed by atoms with Gasteiger partial charge in [0.1, 0.15) is 0 Å². The van der Waals surface area contributed by atoms with Crippen LogP contribution in [0.3, 0.4) is 0 Å². The van der Waals surface area contributed by atoms with Gasteiger partial charge in [0.05, 0.1) is 20.3 Å². The number of rotatable bonds is 4. The summed E-state index contributed by atoms with van der Waals surface area (Å²) >= 11 is 4.09. The average Bonchev–Trinajstić information content (AvgIpc) is 3.17. The first-order valence-corrected chi connectivity index (χ1v) is 8.77. The molecule has 0 aliphatic rings. The first-order chi connectivity index (χ1) is 10.5. The van der Waals surface area contributed by atoms with Gasteiger partial charge in [-0.15, -0.1) is 34.0 Å². The molecule has 112 valence electrons. The number of carbonyl (C=O) groups is 2. The van der Waals surface area contributed by atoms with Crippen LogP contribution in [0.2, 0.25) is 0 Å². The molecular formula is C14H11N3O2S3. The van der Waals surface area contributed by atoms with Crippen LogP contribution in [-0.2, 0) is 0 Å². The molecule has 0 atom stereocenters. The van der Waals surface area contributed by atoms with Crippen molar-refractivity contribution in [3.8, 4) is 10.6 Å². The molecule has 0 radical (unpaired) electrons. The van der Waals surface area contributed by atoms with Crippen molar-refractivity contribution < 1.29 is 9.59 Å². The third-order valence-electron chi connectivity index (χ3n) is 2.79. The molecule has 0 saturated carbocycles. The van der Waals surface area contributed by atoms with E-state index in [-0.39, 0.29) is 5.91 Å². The van der Waals surface area contributed by atoms with Crippen LogP contribution in [0, 0.1) is 6.92 Å². The molecule has 0 saturated heterocycles. The van der Waals surface area contributed by atoms with Gasteiger partial charge in [0, 0.05) is 10.3 Å². The van der Waals surface area contributed by atoms with Crippen LogP contribution < -0.4 is 11.1 Å². The molecule has 3 aromatic rings. The van der Waals surface area contributed by atoms with Crippen LogP contribution >= 0.6 is 34.0 Å². The van der Waals surface area contributed by atoms with Gasteiger partial charge in [-0.1, -0.05) is 0 Å². The maximum Gasteiger partial charge on any atom is 0.267 e. The molecule has 0 aliphatic carbocycles. The van der Waals surface area contributed by atoms with Crippen molar-refractivity contribution in [2.75, 3.05) is 5.32 Å². The molecule has 0 fully saturated rings. The van der Waals surface area contributed by atoms with Crippen LogP contribution in [0.25, 0.3) is 10.6 Å². The highest BCUT2D eigenvalue weighted by atomic mass is 32.1. The monoisotopic (exact) mass is 349 g/mol. The van der Waals surface area contributed by atoms with E-state index in [2.05, 4.69) is 10.3 Å². The molecule has 8 heteroatoms. The van der Waals surface area contributed by atoms with Crippen molar-refractivity contribution in [1.29, 1.82) is 0 Å². The smallest absolute Gasteiger partial charge is 0.267 e. The highest BCUT2D eigenvalue weighted by Crippen LogP contribution is 2.30. The van der Waals surface area contributed by atoms with Gasteiger partial charge in [-0.05, 0) is 31.2 Å². The minimum Gasteiger partial charge on any atom is -0.365 e. The molecule has 0 spiro atoms. The highest BCUT2D eigenvalue weighted by molar-refractivity contribution is 7.17. The number of nitrogens with zero attached hydrogens (tertiary/aromatic N) is 1. The lowest BCUT2D eigenvalue weighted by Gasteiger charge is -1.97. The normalized spacial score (nSPS) is 10.6. The number of amides is 2. The Morgan fingerprint density at radius 2 is 1.91 bits per heavy atom. The predicted octanol–water partition coefficient (Wildman–Crippen LogP) is 3.59. The number of hydrogen-bond donors (Lipinski definition) is 2. The average molecular weight is 349 g/mol. The maximum atomic E-state index is 12.1. The lowest BCUT2D eigenvalue weighted by molar-refractivity contribution is 0.100. The van der Waals surface area contributed by atoms with Gasteiger partial charge in [0.15, 0.2) is 5.13 Å². The Hall–Kier alpha value is -2.03. The summed E-state index contributed by atoms with van der Waals surface area (Å²) in [5, 5.41) is 5.17. The van der Waals surface area contributed by atoms with Crippen LogP contribution in [0.5, 0.6) is 0 Å². The van der Waals surface area contributed by atoms with Crippen molar-refractivity contribution >= 4 is 51.0 Å². The summed E-state index contributed by atoms with van der Waals surface area (Å²) in [7, 11) is 0. The lowest BCUT2D eigenvalue weighted by Crippen LogP contribution is -2.10. The van der Waals surface area contributed by atoms with E-state index in [1.54, 1.807) is 23.5 Å². The molecule has 0 aromatic carbocycles. The second kappa shape index (κ2) is 5.99. The number of hydrogen-bond acceptors (Lipinski definition) is 6. The molecule has 22 heavy (non-hydrogen) atoms. The van der Waals surface area contributed by atoms with Gasteiger partial charge in [0.25, 0.3) is 11.8 Å². The fraction of sp³-hybridized carbons (Fsp3) is 0.0714. The van der Waals surface area contributed by atoms with E-state index in [4.69, 9.17) is 5.73 Å². The van der Waals surface area contributed by atoms with Gasteiger partial charge >= 0.3 is 0 Å². The Bertz CT molecular complexity index is 847. The first kappa shape index (κ1) is 14.9. The molecule has 3 heterocycles.